The zero-order valence-electron chi connectivity index (χ0n) is 19.5. The van der Waals surface area contributed by atoms with Crippen LogP contribution in [-0.4, -0.2) is 62.8 Å². The Balaban J connectivity index is 1.41. The van der Waals surface area contributed by atoms with Gasteiger partial charge in [-0.3, -0.25) is 9.79 Å². The smallest absolute Gasteiger partial charge is 0.399 e. The fourth-order valence-electron chi connectivity index (χ4n) is 4.67. The number of nitrogens with zero attached hydrogens (tertiary/aromatic N) is 5. The molecule has 6 rings (SSSR count). The lowest BCUT2D eigenvalue weighted by atomic mass is 9.72. The number of amides is 1. The zero-order chi connectivity index (χ0) is 23.0. The average Bonchev–Trinajstić information content (AvgIpc) is 3.49. The van der Waals surface area contributed by atoms with Crippen LogP contribution in [0, 0.1) is 0 Å². The Hall–Kier alpha value is -2.78. The summed E-state index contributed by atoms with van der Waals surface area (Å²) >= 11 is 0. The van der Waals surface area contributed by atoms with Crippen LogP contribution >= 0.6 is 0 Å². The van der Waals surface area contributed by atoms with Gasteiger partial charge < -0.3 is 14.2 Å². The minimum absolute atomic E-state index is 0.00883. The van der Waals surface area contributed by atoms with Crippen LogP contribution in [-0.2, 0) is 20.5 Å². The third-order valence-electron chi connectivity index (χ3n) is 7.50. The maximum absolute atomic E-state index is 13.0. The van der Waals surface area contributed by atoms with Crippen LogP contribution in [0.5, 0.6) is 0 Å². The van der Waals surface area contributed by atoms with Crippen molar-refractivity contribution < 1.29 is 14.1 Å². The number of aliphatic imine (C=N–C) groups is 1. The summed E-state index contributed by atoms with van der Waals surface area (Å²) < 4.78 is 14.4. The van der Waals surface area contributed by atoms with E-state index in [1.54, 1.807) is 11.0 Å². The number of rotatable bonds is 2. The lowest BCUT2D eigenvalue weighted by molar-refractivity contribution is -0.126. The number of aromatic nitrogens is 3. The molecule has 1 amide bonds. The molecular formula is C24H28BN5O3. The van der Waals surface area contributed by atoms with Crippen LogP contribution in [0.25, 0.3) is 5.70 Å². The van der Waals surface area contributed by atoms with Gasteiger partial charge in [0.1, 0.15) is 12.9 Å². The van der Waals surface area contributed by atoms with E-state index in [1.807, 2.05) is 17.0 Å². The number of carbonyl (C=O) groups is 1. The summed E-state index contributed by atoms with van der Waals surface area (Å²) in [6, 6.07) is 6.15. The number of carbonyl (C=O) groups excluding carboxylic acids is 1. The minimum atomic E-state index is -0.442. The molecule has 1 aliphatic carbocycles. The van der Waals surface area contributed by atoms with E-state index in [4.69, 9.17) is 9.31 Å². The van der Waals surface area contributed by atoms with E-state index < -0.39 is 18.3 Å². The Labute approximate surface area is 193 Å². The van der Waals surface area contributed by atoms with Gasteiger partial charge >= 0.3 is 7.12 Å². The molecule has 33 heavy (non-hydrogen) atoms. The second-order valence-electron chi connectivity index (χ2n) is 10.3. The molecule has 4 heterocycles. The molecule has 0 bridgehead atoms. The summed E-state index contributed by atoms with van der Waals surface area (Å²) in [7, 11) is -0.442. The van der Waals surface area contributed by atoms with Gasteiger partial charge in [-0.2, -0.15) is 0 Å². The number of hydrogen-bond acceptors (Lipinski definition) is 6. The summed E-state index contributed by atoms with van der Waals surface area (Å²) in [6.45, 7) is 8.95. The van der Waals surface area contributed by atoms with Gasteiger partial charge in [-0.15, -0.1) is 5.10 Å². The van der Waals surface area contributed by atoms with Gasteiger partial charge in [0.05, 0.1) is 16.9 Å². The topological polar surface area (TPSA) is 81.8 Å². The van der Waals surface area contributed by atoms with Crippen LogP contribution < -0.4 is 5.46 Å². The Bertz CT molecular complexity index is 1190. The molecule has 0 radical (unpaired) electrons. The third kappa shape index (κ3) is 3.37. The molecule has 0 spiro atoms. The summed E-state index contributed by atoms with van der Waals surface area (Å²) in [5.74, 6) is 1.94. The first-order valence-corrected chi connectivity index (χ1v) is 11.7. The highest BCUT2D eigenvalue weighted by molar-refractivity contribution is 6.62. The quantitative estimate of drug-likeness (QED) is 0.662. The van der Waals surface area contributed by atoms with E-state index in [1.165, 1.54) is 0 Å². The molecule has 2 aromatic rings. The second-order valence-corrected chi connectivity index (χ2v) is 10.3. The highest BCUT2D eigenvalue weighted by atomic mass is 16.7. The predicted molar refractivity (Wildman–Crippen MR) is 125 cm³/mol. The first-order chi connectivity index (χ1) is 15.7. The van der Waals surface area contributed by atoms with Crippen molar-refractivity contribution in [2.45, 2.75) is 64.1 Å². The van der Waals surface area contributed by atoms with Crippen molar-refractivity contribution >= 4 is 30.0 Å². The Morgan fingerprint density at radius 1 is 1.12 bits per heavy atom. The average molecular weight is 445 g/mol. The van der Waals surface area contributed by atoms with Gasteiger partial charge in [0.2, 0.25) is 5.91 Å². The standard InChI is InChI=1S/C24H28BN5O3/c1-23(2)24(3,4)33-25(32-23)18-7-5-6-17-16(18)10-11-29-19(17)12-20(26-13-21(29)31)30-14-27-22(28-30)15-8-9-15/h5-7,12,14-15H,8-11,13H2,1-4H3. The summed E-state index contributed by atoms with van der Waals surface area (Å²) in [6.07, 6.45) is 6.68. The van der Waals surface area contributed by atoms with Gasteiger partial charge in [-0.05, 0) is 58.0 Å². The summed E-state index contributed by atoms with van der Waals surface area (Å²) in [5.41, 5.74) is 3.22. The molecule has 1 saturated heterocycles. The Morgan fingerprint density at radius 2 is 1.88 bits per heavy atom. The van der Waals surface area contributed by atoms with Crippen molar-refractivity contribution in [1.82, 2.24) is 19.7 Å². The van der Waals surface area contributed by atoms with Gasteiger partial charge in [0.15, 0.2) is 11.7 Å². The van der Waals surface area contributed by atoms with Crippen LogP contribution in [0.15, 0.2) is 35.6 Å². The molecule has 1 aromatic heterocycles. The van der Waals surface area contributed by atoms with Crippen LogP contribution in [0.3, 0.4) is 0 Å². The van der Waals surface area contributed by atoms with Crippen molar-refractivity contribution in [3.05, 3.63) is 47.6 Å². The second kappa shape index (κ2) is 7.11. The Morgan fingerprint density at radius 3 is 2.61 bits per heavy atom. The SMILES string of the molecule is CC1(C)OB(c2cccc3c2CCN2C(=O)CN=C(n4cnc(C5CC5)n4)C=C32)OC1(C)C. The lowest BCUT2D eigenvalue weighted by Crippen LogP contribution is -2.42. The first kappa shape index (κ1) is 20.8. The zero-order valence-corrected chi connectivity index (χ0v) is 19.5. The number of fused-ring (bicyclic) bond motifs is 3. The van der Waals surface area contributed by atoms with Gasteiger partial charge in [0.25, 0.3) is 0 Å². The molecule has 3 aliphatic heterocycles. The fraction of sp³-hybridized carbons (Fsp3) is 0.500. The van der Waals surface area contributed by atoms with E-state index in [0.717, 1.165) is 47.4 Å². The van der Waals surface area contributed by atoms with Crippen molar-refractivity contribution in [2.24, 2.45) is 4.99 Å². The van der Waals surface area contributed by atoms with E-state index in [2.05, 4.69) is 54.9 Å². The highest BCUT2D eigenvalue weighted by Crippen LogP contribution is 2.39. The fourth-order valence-corrected chi connectivity index (χ4v) is 4.67. The van der Waals surface area contributed by atoms with Crippen molar-refractivity contribution in [1.29, 1.82) is 0 Å². The molecular weight excluding hydrogens is 417 g/mol. The molecule has 1 aromatic carbocycles. The maximum Gasteiger partial charge on any atom is 0.495 e. The molecule has 4 aliphatic rings. The van der Waals surface area contributed by atoms with E-state index >= 15 is 0 Å². The van der Waals surface area contributed by atoms with Gasteiger partial charge in [-0.25, -0.2) is 9.67 Å². The monoisotopic (exact) mass is 445 g/mol. The Kier molecular flexibility index (Phi) is 4.48. The number of hydrogen-bond donors (Lipinski definition) is 0. The largest absolute Gasteiger partial charge is 0.495 e. The van der Waals surface area contributed by atoms with Gasteiger partial charge in [-0.1, -0.05) is 18.2 Å². The first-order valence-electron chi connectivity index (χ1n) is 11.7. The molecule has 0 atom stereocenters. The van der Waals surface area contributed by atoms with Crippen molar-refractivity contribution in [3.63, 3.8) is 0 Å². The minimum Gasteiger partial charge on any atom is -0.399 e. The normalized spacial score (nSPS) is 23.6. The molecule has 0 N–H and O–H groups in total. The van der Waals surface area contributed by atoms with Crippen molar-refractivity contribution in [3.8, 4) is 0 Å². The van der Waals surface area contributed by atoms with Gasteiger partial charge in [0, 0.05) is 24.1 Å². The lowest BCUT2D eigenvalue weighted by Gasteiger charge is -2.32. The van der Waals surface area contributed by atoms with E-state index in [0.29, 0.717) is 18.3 Å². The summed E-state index contributed by atoms with van der Waals surface area (Å²) in [5, 5.41) is 4.63. The van der Waals surface area contributed by atoms with E-state index in [-0.39, 0.29) is 12.5 Å². The number of benzene rings is 1. The van der Waals surface area contributed by atoms with Crippen LogP contribution in [0.1, 0.15) is 63.4 Å². The molecule has 1 saturated carbocycles. The molecule has 2 fully saturated rings. The molecule has 0 unspecified atom stereocenters. The third-order valence-corrected chi connectivity index (χ3v) is 7.50. The van der Waals surface area contributed by atoms with E-state index in [9.17, 15) is 4.79 Å². The highest BCUT2D eigenvalue weighted by Gasteiger charge is 2.52. The molecule has 9 heteroatoms. The maximum atomic E-state index is 13.0. The molecule has 8 nitrogen and oxygen atoms in total. The molecule has 170 valence electrons. The summed E-state index contributed by atoms with van der Waals surface area (Å²) in [4.78, 5) is 23.8. The number of allylic oxidation sites excluding steroid dienone is 1. The predicted octanol–water partition coefficient (Wildman–Crippen LogP) is 2.14. The van der Waals surface area contributed by atoms with Crippen LogP contribution in [0.2, 0.25) is 0 Å². The van der Waals surface area contributed by atoms with Crippen molar-refractivity contribution in [2.75, 3.05) is 13.1 Å². The van der Waals surface area contributed by atoms with Crippen LogP contribution in [0.4, 0.5) is 0 Å².